The smallest absolute Gasteiger partial charge is 0.273 e. The highest BCUT2D eigenvalue weighted by atomic mass is 16.6. The summed E-state index contributed by atoms with van der Waals surface area (Å²) in [6.07, 6.45) is 0. The molecule has 3 rings (SSSR count). The van der Waals surface area contributed by atoms with Gasteiger partial charge in [0.15, 0.2) is 0 Å². The number of nitro groups is 1. The summed E-state index contributed by atoms with van der Waals surface area (Å²) >= 11 is 0. The van der Waals surface area contributed by atoms with Crippen LogP contribution in [0.5, 0.6) is 0 Å². The maximum Gasteiger partial charge on any atom is 0.273 e. The Morgan fingerprint density at radius 3 is 2.14 bits per heavy atom. The van der Waals surface area contributed by atoms with Crippen molar-refractivity contribution in [3.8, 4) is 0 Å². The minimum Gasteiger partial charge on any atom is -0.322 e. The molecule has 0 fully saturated rings. The Morgan fingerprint density at radius 2 is 1.48 bits per heavy atom. The van der Waals surface area contributed by atoms with E-state index in [0.717, 1.165) is 5.56 Å². The molecule has 29 heavy (non-hydrogen) atoms. The van der Waals surface area contributed by atoms with Crippen LogP contribution >= 0.6 is 0 Å². The number of nitro benzene ring substituents is 1. The summed E-state index contributed by atoms with van der Waals surface area (Å²) in [4.78, 5) is 35.3. The number of carbonyl (C=O) groups is 2. The number of benzene rings is 3. The first-order valence-corrected chi connectivity index (χ1v) is 8.88. The number of rotatable bonds is 5. The molecule has 0 atom stereocenters. The number of aryl methyl sites for hydroxylation is 2. The third-order valence-electron chi connectivity index (χ3n) is 4.44. The SMILES string of the molecule is Cc1cc(NC(=O)c2ccc(C)c([N+](=O)[O-])c2)ccc1NC(=O)c1ccccc1. The monoisotopic (exact) mass is 389 g/mol. The van der Waals surface area contributed by atoms with E-state index in [-0.39, 0.29) is 17.2 Å². The first kappa shape index (κ1) is 19.8. The molecule has 7 nitrogen and oxygen atoms in total. The Balaban J connectivity index is 1.73. The van der Waals surface area contributed by atoms with Gasteiger partial charge in [0, 0.05) is 34.1 Å². The lowest BCUT2D eigenvalue weighted by Gasteiger charge is -2.11. The van der Waals surface area contributed by atoms with Crippen molar-refractivity contribution >= 4 is 28.9 Å². The van der Waals surface area contributed by atoms with Gasteiger partial charge in [-0.25, -0.2) is 0 Å². The maximum atomic E-state index is 12.5. The topological polar surface area (TPSA) is 101 Å². The van der Waals surface area contributed by atoms with Gasteiger partial charge in [-0.3, -0.25) is 19.7 Å². The highest BCUT2D eigenvalue weighted by Gasteiger charge is 2.15. The van der Waals surface area contributed by atoms with Crippen LogP contribution in [0, 0.1) is 24.0 Å². The molecule has 0 aliphatic heterocycles. The third-order valence-corrected chi connectivity index (χ3v) is 4.44. The van der Waals surface area contributed by atoms with Crippen molar-refractivity contribution in [1.82, 2.24) is 0 Å². The van der Waals surface area contributed by atoms with E-state index in [1.165, 1.54) is 6.07 Å². The molecule has 0 saturated heterocycles. The van der Waals surface area contributed by atoms with E-state index in [4.69, 9.17) is 0 Å². The molecule has 0 heterocycles. The Morgan fingerprint density at radius 1 is 0.793 bits per heavy atom. The fraction of sp³-hybridized carbons (Fsp3) is 0.0909. The van der Waals surface area contributed by atoms with Gasteiger partial charge in [0.2, 0.25) is 0 Å². The lowest BCUT2D eigenvalue weighted by Crippen LogP contribution is -2.14. The molecule has 0 unspecified atom stereocenters. The predicted octanol–water partition coefficient (Wildman–Crippen LogP) is 4.72. The van der Waals surface area contributed by atoms with Crippen molar-refractivity contribution < 1.29 is 14.5 Å². The zero-order valence-corrected chi connectivity index (χ0v) is 15.9. The molecule has 0 aliphatic carbocycles. The van der Waals surface area contributed by atoms with Gasteiger partial charge >= 0.3 is 0 Å². The molecule has 146 valence electrons. The van der Waals surface area contributed by atoms with Gasteiger partial charge in [-0.2, -0.15) is 0 Å². The lowest BCUT2D eigenvalue weighted by atomic mass is 10.1. The Kier molecular flexibility index (Phi) is 5.69. The zero-order chi connectivity index (χ0) is 21.0. The maximum absolute atomic E-state index is 12.5. The number of nitrogens with zero attached hydrogens (tertiary/aromatic N) is 1. The van der Waals surface area contributed by atoms with Gasteiger partial charge in [-0.15, -0.1) is 0 Å². The summed E-state index contributed by atoms with van der Waals surface area (Å²) in [6.45, 7) is 3.43. The normalized spacial score (nSPS) is 10.3. The quantitative estimate of drug-likeness (QED) is 0.487. The van der Waals surface area contributed by atoms with Gasteiger partial charge in [0.1, 0.15) is 0 Å². The van der Waals surface area contributed by atoms with E-state index in [2.05, 4.69) is 10.6 Å². The molecule has 0 bridgehead atoms. The average molecular weight is 389 g/mol. The van der Waals surface area contributed by atoms with Gasteiger partial charge in [0.25, 0.3) is 17.5 Å². The second-order valence-corrected chi connectivity index (χ2v) is 6.56. The minimum absolute atomic E-state index is 0.104. The molecule has 2 N–H and O–H groups in total. The van der Waals surface area contributed by atoms with E-state index in [1.54, 1.807) is 61.5 Å². The highest BCUT2D eigenvalue weighted by molar-refractivity contribution is 6.06. The number of nitrogens with one attached hydrogen (secondary N) is 2. The van der Waals surface area contributed by atoms with Crippen molar-refractivity contribution in [2.24, 2.45) is 0 Å². The first-order chi connectivity index (χ1) is 13.8. The summed E-state index contributed by atoms with van der Waals surface area (Å²) in [5.41, 5.74) is 3.04. The van der Waals surface area contributed by atoms with Crippen LogP contribution in [-0.4, -0.2) is 16.7 Å². The van der Waals surface area contributed by atoms with Gasteiger partial charge in [-0.05, 0) is 55.8 Å². The zero-order valence-electron chi connectivity index (χ0n) is 15.9. The van der Waals surface area contributed by atoms with Crippen molar-refractivity contribution in [2.75, 3.05) is 10.6 Å². The van der Waals surface area contributed by atoms with E-state index in [9.17, 15) is 19.7 Å². The molecular formula is C22H19N3O4. The molecular weight excluding hydrogens is 370 g/mol. The van der Waals surface area contributed by atoms with Crippen LogP contribution in [0.2, 0.25) is 0 Å². The second kappa shape index (κ2) is 8.35. The molecule has 0 saturated carbocycles. The van der Waals surface area contributed by atoms with E-state index >= 15 is 0 Å². The van der Waals surface area contributed by atoms with Crippen LogP contribution in [0.4, 0.5) is 17.1 Å². The van der Waals surface area contributed by atoms with Crippen LogP contribution in [-0.2, 0) is 0 Å². The van der Waals surface area contributed by atoms with E-state index in [1.807, 2.05) is 13.0 Å². The largest absolute Gasteiger partial charge is 0.322 e. The molecule has 2 amide bonds. The predicted molar refractivity (Wildman–Crippen MR) is 111 cm³/mol. The number of amides is 2. The number of carbonyl (C=O) groups excluding carboxylic acids is 2. The van der Waals surface area contributed by atoms with Crippen molar-refractivity contribution in [1.29, 1.82) is 0 Å². The molecule has 0 radical (unpaired) electrons. The Labute approximate surface area is 167 Å². The fourth-order valence-electron chi connectivity index (χ4n) is 2.82. The molecule has 3 aromatic carbocycles. The van der Waals surface area contributed by atoms with Gasteiger partial charge < -0.3 is 10.6 Å². The van der Waals surface area contributed by atoms with E-state index < -0.39 is 10.8 Å². The Hall–Kier alpha value is -4.00. The molecule has 0 aliphatic rings. The molecule has 0 aromatic heterocycles. The van der Waals surface area contributed by atoms with Crippen molar-refractivity contribution in [3.05, 3.63) is 99.1 Å². The third kappa shape index (κ3) is 4.65. The fourth-order valence-corrected chi connectivity index (χ4v) is 2.82. The van der Waals surface area contributed by atoms with Gasteiger partial charge in [-0.1, -0.05) is 24.3 Å². The molecule has 7 heteroatoms. The van der Waals surface area contributed by atoms with Gasteiger partial charge in [0.05, 0.1) is 4.92 Å². The highest BCUT2D eigenvalue weighted by Crippen LogP contribution is 2.23. The van der Waals surface area contributed by atoms with Crippen LogP contribution in [0.3, 0.4) is 0 Å². The summed E-state index contributed by atoms with van der Waals surface area (Å²) in [5, 5.41) is 16.6. The summed E-state index contributed by atoms with van der Waals surface area (Å²) in [6, 6.07) is 18.3. The number of hydrogen-bond acceptors (Lipinski definition) is 4. The molecule has 3 aromatic rings. The van der Waals surface area contributed by atoms with Crippen molar-refractivity contribution in [3.63, 3.8) is 0 Å². The summed E-state index contributed by atoms with van der Waals surface area (Å²) < 4.78 is 0. The van der Waals surface area contributed by atoms with Crippen LogP contribution in [0.15, 0.2) is 66.7 Å². The first-order valence-electron chi connectivity index (χ1n) is 8.88. The lowest BCUT2D eigenvalue weighted by molar-refractivity contribution is -0.385. The standard InChI is InChI=1S/C22H19N3O4/c1-14-8-9-17(13-20(14)25(28)29)22(27)23-18-10-11-19(15(2)12-18)24-21(26)16-6-4-3-5-7-16/h3-13H,1-2H3,(H,23,27)(H,24,26). The summed E-state index contributed by atoms with van der Waals surface area (Å²) in [7, 11) is 0. The van der Waals surface area contributed by atoms with E-state index in [0.29, 0.717) is 22.5 Å². The molecule has 0 spiro atoms. The Bertz CT molecular complexity index is 1090. The van der Waals surface area contributed by atoms with Crippen molar-refractivity contribution in [2.45, 2.75) is 13.8 Å². The summed E-state index contributed by atoms with van der Waals surface area (Å²) in [5.74, 6) is -0.675. The average Bonchev–Trinajstić information content (AvgIpc) is 2.70. The van der Waals surface area contributed by atoms with Crippen LogP contribution in [0.1, 0.15) is 31.8 Å². The number of hydrogen-bond donors (Lipinski definition) is 2. The van der Waals surface area contributed by atoms with Crippen LogP contribution in [0.25, 0.3) is 0 Å². The van der Waals surface area contributed by atoms with Crippen LogP contribution < -0.4 is 10.6 Å². The number of anilines is 2. The minimum atomic E-state index is -0.513. The second-order valence-electron chi connectivity index (χ2n) is 6.56.